The number of aliphatic carboxylic acids is 1. The molecule has 0 saturated heterocycles. The second kappa shape index (κ2) is 5.48. The molecule has 1 rings (SSSR count). The number of carboxylic acids is 1. The Morgan fingerprint density at radius 2 is 2.00 bits per heavy atom. The van der Waals surface area contributed by atoms with E-state index >= 15 is 0 Å². The number of nitrogens with two attached hydrogens (primary N) is 1. The third kappa shape index (κ3) is 4.77. The maximum atomic E-state index is 11.4. The molecule has 0 aromatic carbocycles. The number of carboxylic acid groups (broad SMARTS) is 1. The summed E-state index contributed by atoms with van der Waals surface area (Å²) in [5, 5.41) is 11.2. The van der Waals surface area contributed by atoms with E-state index < -0.39 is 17.9 Å². The molecule has 1 fully saturated rings. The molecule has 0 spiro atoms. The molecule has 0 bridgehead atoms. The quantitative estimate of drug-likeness (QED) is 0.551. The zero-order valence-electron chi connectivity index (χ0n) is 8.94. The summed E-state index contributed by atoms with van der Waals surface area (Å²) in [5.41, 5.74) is 4.92. The lowest BCUT2D eigenvalue weighted by Gasteiger charge is -2.13. The van der Waals surface area contributed by atoms with E-state index in [1.807, 2.05) is 0 Å². The van der Waals surface area contributed by atoms with Gasteiger partial charge in [0.15, 0.2) is 0 Å². The van der Waals surface area contributed by atoms with Crippen molar-refractivity contribution in [2.24, 2.45) is 11.7 Å². The van der Waals surface area contributed by atoms with Gasteiger partial charge in [0, 0.05) is 12.8 Å². The van der Waals surface area contributed by atoms with Gasteiger partial charge in [-0.15, -0.1) is 0 Å². The fourth-order valence-electron chi connectivity index (χ4n) is 1.38. The highest BCUT2D eigenvalue weighted by molar-refractivity contribution is 5.84. The number of hydrogen-bond donors (Lipinski definition) is 3. The second-order valence-electron chi connectivity index (χ2n) is 4.11. The van der Waals surface area contributed by atoms with Gasteiger partial charge in [-0.3, -0.25) is 9.59 Å². The first-order valence-electron chi connectivity index (χ1n) is 5.29. The van der Waals surface area contributed by atoms with Crippen molar-refractivity contribution in [3.8, 4) is 0 Å². The number of carbonyl (C=O) groups excluding carboxylic acids is 2. The Morgan fingerprint density at radius 3 is 2.44 bits per heavy atom. The van der Waals surface area contributed by atoms with E-state index in [9.17, 15) is 14.4 Å². The topological polar surface area (TPSA) is 109 Å². The van der Waals surface area contributed by atoms with Gasteiger partial charge in [-0.2, -0.15) is 0 Å². The van der Waals surface area contributed by atoms with E-state index in [0.29, 0.717) is 12.3 Å². The normalized spacial score (nSPS) is 16.5. The molecule has 0 heterocycles. The molecule has 0 unspecified atom stereocenters. The molecule has 0 aromatic rings. The van der Waals surface area contributed by atoms with Gasteiger partial charge in [-0.1, -0.05) is 0 Å². The summed E-state index contributed by atoms with van der Waals surface area (Å²) in [5.74, 6) is -1.56. The van der Waals surface area contributed by atoms with Crippen molar-refractivity contribution in [3.63, 3.8) is 0 Å². The lowest BCUT2D eigenvalue weighted by molar-refractivity contribution is -0.142. The largest absolute Gasteiger partial charge is 0.480 e. The van der Waals surface area contributed by atoms with Gasteiger partial charge in [-0.25, -0.2) is 4.79 Å². The Kier molecular flexibility index (Phi) is 4.28. The zero-order valence-corrected chi connectivity index (χ0v) is 8.94. The van der Waals surface area contributed by atoms with Crippen LogP contribution >= 0.6 is 0 Å². The van der Waals surface area contributed by atoms with Crippen LogP contribution in [0.3, 0.4) is 0 Å². The third-order valence-corrected chi connectivity index (χ3v) is 2.48. The molecule has 90 valence electrons. The minimum atomic E-state index is -1.13. The molecule has 6 nitrogen and oxygen atoms in total. The van der Waals surface area contributed by atoms with Crippen LogP contribution in [0.2, 0.25) is 0 Å². The molecule has 1 aliphatic carbocycles. The Hall–Kier alpha value is -1.59. The lowest BCUT2D eigenvalue weighted by Crippen LogP contribution is -2.41. The molecule has 1 saturated carbocycles. The second-order valence-corrected chi connectivity index (χ2v) is 4.11. The minimum Gasteiger partial charge on any atom is -0.480 e. The molecule has 16 heavy (non-hydrogen) atoms. The summed E-state index contributed by atoms with van der Waals surface area (Å²) in [4.78, 5) is 32.7. The van der Waals surface area contributed by atoms with Crippen molar-refractivity contribution >= 4 is 17.8 Å². The Balaban J connectivity index is 2.33. The number of carbonyl (C=O) groups is 3. The molecular formula is C10H16N2O4. The van der Waals surface area contributed by atoms with E-state index in [2.05, 4.69) is 5.32 Å². The van der Waals surface area contributed by atoms with Gasteiger partial charge in [-0.05, 0) is 25.2 Å². The van der Waals surface area contributed by atoms with E-state index in [1.54, 1.807) is 0 Å². The lowest BCUT2D eigenvalue weighted by atomic mass is 10.1. The SMILES string of the molecule is NC(=O)CC[C@@H](NC(=O)CC1CC1)C(=O)O. The molecule has 2 amide bonds. The fraction of sp³-hybridized carbons (Fsp3) is 0.700. The highest BCUT2D eigenvalue weighted by Crippen LogP contribution is 2.32. The third-order valence-electron chi connectivity index (χ3n) is 2.48. The van der Waals surface area contributed by atoms with Crippen LogP contribution in [-0.2, 0) is 14.4 Å². The maximum Gasteiger partial charge on any atom is 0.326 e. The first-order valence-corrected chi connectivity index (χ1v) is 5.29. The smallest absolute Gasteiger partial charge is 0.326 e. The molecule has 4 N–H and O–H groups in total. The van der Waals surface area contributed by atoms with Crippen LogP contribution in [0.25, 0.3) is 0 Å². The van der Waals surface area contributed by atoms with Gasteiger partial charge in [0.25, 0.3) is 0 Å². The summed E-state index contributed by atoms with van der Waals surface area (Å²) in [6, 6.07) is -1.02. The van der Waals surface area contributed by atoms with Crippen LogP contribution in [-0.4, -0.2) is 28.9 Å². The van der Waals surface area contributed by atoms with Gasteiger partial charge < -0.3 is 16.2 Å². The van der Waals surface area contributed by atoms with Crippen LogP contribution in [0, 0.1) is 5.92 Å². The molecule has 0 aromatic heterocycles. The van der Waals surface area contributed by atoms with Gasteiger partial charge in [0.2, 0.25) is 11.8 Å². The Bertz CT molecular complexity index is 299. The maximum absolute atomic E-state index is 11.4. The first kappa shape index (κ1) is 12.5. The molecular weight excluding hydrogens is 212 g/mol. The van der Waals surface area contributed by atoms with E-state index in [-0.39, 0.29) is 18.7 Å². The number of nitrogens with one attached hydrogen (secondary N) is 1. The van der Waals surface area contributed by atoms with Crippen molar-refractivity contribution < 1.29 is 19.5 Å². The number of rotatable bonds is 7. The highest BCUT2D eigenvalue weighted by Gasteiger charge is 2.27. The first-order chi connectivity index (χ1) is 7.49. The Morgan fingerprint density at radius 1 is 1.38 bits per heavy atom. The monoisotopic (exact) mass is 228 g/mol. The minimum absolute atomic E-state index is 0.0410. The summed E-state index contributed by atoms with van der Waals surface area (Å²) >= 11 is 0. The average Bonchev–Trinajstić information content (AvgIpc) is 2.95. The standard InChI is InChI=1S/C10H16N2O4/c11-8(13)4-3-7(10(15)16)12-9(14)5-6-1-2-6/h6-7H,1-5H2,(H2,11,13)(H,12,14)(H,15,16)/t7-/m1/s1. The molecule has 0 aliphatic heterocycles. The van der Waals surface area contributed by atoms with Crippen LogP contribution in [0.1, 0.15) is 32.1 Å². The average molecular weight is 228 g/mol. The van der Waals surface area contributed by atoms with E-state index in [0.717, 1.165) is 12.8 Å². The van der Waals surface area contributed by atoms with Crippen LogP contribution in [0.5, 0.6) is 0 Å². The van der Waals surface area contributed by atoms with Gasteiger partial charge >= 0.3 is 5.97 Å². The predicted molar refractivity (Wildman–Crippen MR) is 55.3 cm³/mol. The summed E-state index contributed by atoms with van der Waals surface area (Å²) in [6.45, 7) is 0. The Labute approximate surface area is 93.2 Å². The van der Waals surface area contributed by atoms with E-state index in [4.69, 9.17) is 10.8 Å². The molecule has 1 atom stereocenters. The fourth-order valence-corrected chi connectivity index (χ4v) is 1.38. The van der Waals surface area contributed by atoms with Crippen molar-refractivity contribution in [1.82, 2.24) is 5.32 Å². The van der Waals surface area contributed by atoms with Crippen molar-refractivity contribution in [3.05, 3.63) is 0 Å². The van der Waals surface area contributed by atoms with Crippen LogP contribution in [0.15, 0.2) is 0 Å². The summed E-state index contributed by atoms with van der Waals surface area (Å²) < 4.78 is 0. The van der Waals surface area contributed by atoms with Crippen LogP contribution in [0.4, 0.5) is 0 Å². The number of primary amides is 1. The predicted octanol–water partition coefficient (Wildman–Crippen LogP) is -0.379. The van der Waals surface area contributed by atoms with E-state index in [1.165, 1.54) is 0 Å². The zero-order chi connectivity index (χ0) is 12.1. The van der Waals surface area contributed by atoms with Crippen LogP contribution < -0.4 is 11.1 Å². The molecule has 6 heteroatoms. The molecule has 1 aliphatic rings. The van der Waals surface area contributed by atoms with Gasteiger partial charge in [0.1, 0.15) is 6.04 Å². The molecule has 0 radical (unpaired) electrons. The number of hydrogen-bond acceptors (Lipinski definition) is 3. The van der Waals surface area contributed by atoms with Crippen molar-refractivity contribution in [1.29, 1.82) is 0 Å². The van der Waals surface area contributed by atoms with Crippen molar-refractivity contribution in [2.75, 3.05) is 0 Å². The summed E-state index contributed by atoms with van der Waals surface area (Å²) in [6.07, 6.45) is 2.45. The van der Waals surface area contributed by atoms with Gasteiger partial charge in [0.05, 0.1) is 0 Å². The van der Waals surface area contributed by atoms with Crippen molar-refractivity contribution in [2.45, 2.75) is 38.1 Å². The highest BCUT2D eigenvalue weighted by atomic mass is 16.4. The number of amides is 2. The summed E-state index contributed by atoms with van der Waals surface area (Å²) in [7, 11) is 0.